The Bertz CT molecular complexity index is 646. The first-order valence-corrected chi connectivity index (χ1v) is 7.26. The highest BCUT2D eigenvalue weighted by Gasteiger charge is 2.16. The summed E-state index contributed by atoms with van der Waals surface area (Å²) in [4.78, 5) is 11.6. The van der Waals surface area contributed by atoms with Crippen LogP contribution in [0.1, 0.15) is 26.5 Å². The van der Waals surface area contributed by atoms with Gasteiger partial charge in [0.1, 0.15) is 11.4 Å². The molecule has 2 rings (SSSR count). The van der Waals surface area contributed by atoms with Gasteiger partial charge in [-0.25, -0.2) is 4.79 Å². The number of furan rings is 1. The Morgan fingerprint density at radius 1 is 1.40 bits per heavy atom. The van der Waals surface area contributed by atoms with Crippen LogP contribution < -0.4 is 5.32 Å². The first-order chi connectivity index (χ1) is 9.24. The second-order valence-electron chi connectivity index (χ2n) is 5.37. The van der Waals surface area contributed by atoms with Crippen molar-refractivity contribution >= 4 is 44.6 Å². The van der Waals surface area contributed by atoms with Crippen LogP contribution in [-0.4, -0.2) is 11.7 Å². The van der Waals surface area contributed by atoms with E-state index < -0.39 is 11.7 Å². The minimum Gasteiger partial charge on any atom is -0.458 e. The molecule has 0 unspecified atom stereocenters. The molecule has 0 aliphatic carbocycles. The van der Waals surface area contributed by atoms with Gasteiger partial charge in [-0.2, -0.15) is 0 Å². The molecule has 1 aromatic heterocycles. The lowest BCUT2D eigenvalue weighted by Gasteiger charge is -2.19. The molecule has 0 atom stereocenters. The van der Waals surface area contributed by atoms with Crippen molar-refractivity contribution < 1.29 is 13.9 Å². The van der Waals surface area contributed by atoms with E-state index in [1.807, 2.05) is 32.9 Å². The summed E-state index contributed by atoms with van der Waals surface area (Å²) in [5, 5.41) is 4.05. The lowest BCUT2D eigenvalue weighted by molar-refractivity contribution is 0.0520. The fourth-order valence-electron chi connectivity index (χ4n) is 1.69. The quantitative estimate of drug-likeness (QED) is 0.831. The molecule has 1 heterocycles. The third-order valence-electron chi connectivity index (χ3n) is 2.39. The van der Waals surface area contributed by atoms with E-state index in [2.05, 4.69) is 21.2 Å². The molecule has 108 valence electrons. The average Bonchev–Trinajstić information content (AvgIpc) is 2.67. The zero-order valence-corrected chi connectivity index (χ0v) is 13.8. The van der Waals surface area contributed by atoms with Crippen LogP contribution in [0.25, 0.3) is 11.0 Å². The zero-order chi connectivity index (χ0) is 14.9. The summed E-state index contributed by atoms with van der Waals surface area (Å²) in [5.41, 5.74) is 0.0856. The van der Waals surface area contributed by atoms with Gasteiger partial charge in [0.15, 0.2) is 5.58 Å². The van der Waals surface area contributed by atoms with Gasteiger partial charge in [-0.05, 0) is 39.0 Å². The number of benzene rings is 1. The van der Waals surface area contributed by atoms with Crippen molar-refractivity contribution in [1.82, 2.24) is 5.32 Å². The smallest absolute Gasteiger partial charge is 0.408 e. The molecule has 0 aliphatic rings. The van der Waals surface area contributed by atoms with Gasteiger partial charge in [0.25, 0.3) is 0 Å². The maximum Gasteiger partial charge on any atom is 0.408 e. The number of nitrogens with one attached hydrogen (secondary N) is 1. The van der Waals surface area contributed by atoms with Gasteiger partial charge >= 0.3 is 6.09 Å². The molecule has 4 nitrogen and oxygen atoms in total. The number of alkyl carbamates (subject to hydrolysis) is 1. The summed E-state index contributed by atoms with van der Waals surface area (Å²) >= 11 is 9.46. The standard InChI is InChI=1S/C14H15BrClNO3/c1-14(2,3)20-13(18)17-7-10-5-8-4-9(15)6-11(16)12(8)19-10/h4-6H,7H2,1-3H3,(H,17,18). The third kappa shape index (κ3) is 3.90. The van der Waals surface area contributed by atoms with E-state index in [0.29, 0.717) is 16.4 Å². The molecule has 0 bridgehead atoms. The molecule has 0 saturated heterocycles. The van der Waals surface area contributed by atoms with Gasteiger partial charge in [0.2, 0.25) is 0 Å². The van der Waals surface area contributed by atoms with Crippen molar-refractivity contribution in [3.8, 4) is 0 Å². The Morgan fingerprint density at radius 2 is 2.10 bits per heavy atom. The highest BCUT2D eigenvalue weighted by atomic mass is 79.9. The molecule has 0 aliphatic heterocycles. The minimum absolute atomic E-state index is 0.248. The van der Waals surface area contributed by atoms with Crippen LogP contribution in [0.15, 0.2) is 27.1 Å². The van der Waals surface area contributed by atoms with Gasteiger partial charge in [-0.3, -0.25) is 0 Å². The van der Waals surface area contributed by atoms with Crippen LogP contribution in [0.5, 0.6) is 0 Å². The number of fused-ring (bicyclic) bond motifs is 1. The summed E-state index contributed by atoms with van der Waals surface area (Å²) in [5.74, 6) is 0.617. The minimum atomic E-state index is -0.522. The van der Waals surface area contributed by atoms with E-state index in [1.54, 1.807) is 6.07 Å². The fourth-order valence-corrected chi connectivity index (χ4v) is 2.56. The molecule has 0 saturated carbocycles. The molecule has 1 N–H and O–H groups in total. The summed E-state index contributed by atoms with van der Waals surface area (Å²) in [6.45, 7) is 5.68. The predicted octanol–water partition coefficient (Wildman–Crippen LogP) is 4.87. The van der Waals surface area contributed by atoms with Crippen molar-refractivity contribution in [3.05, 3.63) is 33.5 Å². The molecule has 0 spiro atoms. The Balaban J connectivity index is 2.08. The average molecular weight is 361 g/mol. The zero-order valence-electron chi connectivity index (χ0n) is 11.4. The predicted molar refractivity (Wildman–Crippen MR) is 82.0 cm³/mol. The van der Waals surface area contributed by atoms with Crippen LogP contribution in [0, 0.1) is 0 Å². The van der Waals surface area contributed by atoms with Crippen molar-refractivity contribution in [3.63, 3.8) is 0 Å². The number of halogens is 2. The third-order valence-corrected chi connectivity index (χ3v) is 3.13. The van der Waals surface area contributed by atoms with E-state index in [-0.39, 0.29) is 6.54 Å². The van der Waals surface area contributed by atoms with Crippen molar-refractivity contribution in [2.45, 2.75) is 32.9 Å². The molecule has 2 aromatic rings. The van der Waals surface area contributed by atoms with Crippen LogP contribution >= 0.6 is 27.5 Å². The molecular weight excluding hydrogens is 346 g/mol. The summed E-state index contributed by atoms with van der Waals surface area (Å²) in [6.07, 6.45) is -0.481. The lowest BCUT2D eigenvalue weighted by atomic mass is 10.2. The Labute approximate surface area is 130 Å². The molecule has 0 fully saturated rings. The SMILES string of the molecule is CC(C)(C)OC(=O)NCc1cc2cc(Br)cc(Cl)c2o1. The van der Waals surface area contributed by atoms with E-state index >= 15 is 0 Å². The number of carbonyl (C=O) groups excluding carboxylic acids is 1. The summed E-state index contributed by atoms with van der Waals surface area (Å²) in [7, 11) is 0. The number of carbonyl (C=O) groups is 1. The normalized spacial score (nSPS) is 11.7. The molecule has 1 amide bonds. The van der Waals surface area contributed by atoms with Gasteiger partial charge in [0.05, 0.1) is 11.6 Å². The maximum atomic E-state index is 11.6. The number of ether oxygens (including phenoxy) is 1. The van der Waals surface area contributed by atoms with Gasteiger partial charge < -0.3 is 14.5 Å². The van der Waals surface area contributed by atoms with Crippen molar-refractivity contribution in [1.29, 1.82) is 0 Å². The Hall–Kier alpha value is -1.20. The van der Waals surface area contributed by atoms with Crippen LogP contribution in [0.4, 0.5) is 4.79 Å². The Kier molecular flexibility index (Phi) is 4.30. The first kappa shape index (κ1) is 15.2. The first-order valence-electron chi connectivity index (χ1n) is 6.09. The van der Waals surface area contributed by atoms with Crippen LogP contribution in [0.2, 0.25) is 5.02 Å². The monoisotopic (exact) mass is 359 g/mol. The number of rotatable bonds is 2. The number of hydrogen-bond donors (Lipinski definition) is 1. The molecule has 6 heteroatoms. The Morgan fingerprint density at radius 3 is 2.75 bits per heavy atom. The van der Waals surface area contributed by atoms with Gasteiger partial charge in [-0.1, -0.05) is 27.5 Å². The van der Waals surface area contributed by atoms with Crippen molar-refractivity contribution in [2.75, 3.05) is 0 Å². The summed E-state index contributed by atoms with van der Waals surface area (Å²) in [6, 6.07) is 5.50. The van der Waals surface area contributed by atoms with E-state index in [4.69, 9.17) is 20.8 Å². The number of amides is 1. The molecule has 1 aromatic carbocycles. The second kappa shape index (κ2) is 5.66. The topological polar surface area (TPSA) is 51.5 Å². The maximum absolute atomic E-state index is 11.6. The van der Waals surface area contributed by atoms with Crippen LogP contribution in [0.3, 0.4) is 0 Å². The van der Waals surface area contributed by atoms with Gasteiger partial charge in [0, 0.05) is 9.86 Å². The van der Waals surface area contributed by atoms with E-state index in [9.17, 15) is 4.79 Å². The molecule has 20 heavy (non-hydrogen) atoms. The highest BCUT2D eigenvalue weighted by molar-refractivity contribution is 9.10. The lowest BCUT2D eigenvalue weighted by Crippen LogP contribution is -2.32. The largest absolute Gasteiger partial charge is 0.458 e. The van der Waals surface area contributed by atoms with Crippen molar-refractivity contribution in [2.24, 2.45) is 0 Å². The van der Waals surface area contributed by atoms with Crippen LogP contribution in [-0.2, 0) is 11.3 Å². The summed E-state index contributed by atoms with van der Waals surface area (Å²) < 4.78 is 11.6. The highest BCUT2D eigenvalue weighted by Crippen LogP contribution is 2.30. The van der Waals surface area contributed by atoms with Gasteiger partial charge in [-0.15, -0.1) is 0 Å². The molecular formula is C14H15BrClNO3. The number of hydrogen-bond acceptors (Lipinski definition) is 3. The fraction of sp³-hybridized carbons (Fsp3) is 0.357. The van der Waals surface area contributed by atoms with E-state index in [0.717, 1.165) is 9.86 Å². The molecule has 0 radical (unpaired) electrons. The van der Waals surface area contributed by atoms with E-state index in [1.165, 1.54) is 0 Å². The second-order valence-corrected chi connectivity index (χ2v) is 6.70.